The number of nitrogens with zero attached hydrogens (tertiary/aromatic N) is 4. The molecule has 0 bridgehead atoms. The Kier molecular flexibility index (Phi) is 5.54. The molecule has 1 aliphatic rings. The van der Waals surface area contributed by atoms with E-state index in [2.05, 4.69) is 36.2 Å². The molecule has 1 amide bonds. The van der Waals surface area contributed by atoms with E-state index in [0.29, 0.717) is 6.54 Å². The average molecular weight is 477 g/mol. The van der Waals surface area contributed by atoms with Gasteiger partial charge in [0.25, 0.3) is 5.91 Å². The third kappa shape index (κ3) is 3.64. The van der Waals surface area contributed by atoms with Gasteiger partial charge in [-0.1, -0.05) is 43.3 Å². The van der Waals surface area contributed by atoms with Crippen LogP contribution in [-0.4, -0.2) is 32.3 Å². The maximum atomic E-state index is 14.3. The fourth-order valence-electron chi connectivity index (χ4n) is 5.24. The van der Waals surface area contributed by atoms with Crippen LogP contribution >= 0.6 is 0 Å². The van der Waals surface area contributed by atoms with Crippen LogP contribution in [0.2, 0.25) is 0 Å². The quantitative estimate of drug-likeness (QED) is 0.390. The molecule has 4 aromatic rings. The molecule has 0 saturated heterocycles. The molecular weight excluding hydrogens is 450 g/mol. The Morgan fingerprint density at radius 1 is 1.17 bits per heavy atom. The standard InChI is InChI=1S/C27H26F2N4O2/c1-16(2)27(18-13-30-32(4)14-18)15-33(17(3)20-7-5-6-8-22(20)27)26(34)24-12-25(35-31-24)21-10-9-19(28)11-23(21)29/h5-14,16-17H,15H2,1-4H3/t17-,27+/m1/s1. The number of halogens is 2. The highest BCUT2D eigenvalue weighted by Gasteiger charge is 2.48. The molecule has 0 saturated carbocycles. The number of hydrogen-bond acceptors (Lipinski definition) is 4. The van der Waals surface area contributed by atoms with Gasteiger partial charge in [-0.25, -0.2) is 8.78 Å². The van der Waals surface area contributed by atoms with E-state index in [1.54, 1.807) is 9.58 Å². The van der Waals surface area contributed by atoms with E-state index >= 15 is 0 Å². The minimum absolute atomic E-state index is 0.0434. The summed E-state index contributed by atoms with van der Waals surface area (Å²) >= 11 is 0. The molecule has 0 aliphatic carbocycles. The number of amides is 1. The van der Waals surface area contributed by atoms with Gasteiger partial charge in [-0.15, -0.1) is 0 Å². The van der Waals surface area contributed by atoms with E-state index in [9.17, 15) is 13.6 Å². The predicted octanol–water partition coefficient (Wildman–Crippen LogP) is 5.51. The Balaban J connectivity index is 1.58. The van der Waals surface area contributed by atoms with Crippen LogP contribution in [0, 0.1) is 17.6 Å². The van der Waals surface area contributed by atoms with Crippen LogP contribution < -0.4 is 0 Å². The zero-order valence-corrected chi connectivity index (χ0v) is 20.0. The number of carbonyl (C=O) groups is 1. The van der Waals surface area contributed by atoms with E-state index in [1.165, 1.54) is 17.7 Å². The van der Waals surface area contributed by atoms with Crippen molar-refractivity contribution < 1.29 is 18.1 Å². The molecule has 180 valence electrons. The van der Waals surface area contributed by atoms with Gasteiger partial charge in [0.05, 0.1) is 17.8 Å². The van der Waals surface area contributed by atoms with Crippen LogP contribution in [0.4, 0.5) is 8.78 Å². The molecule has 35 heavy (non-hydrogen) atoms. The monoisotopic (exact) mass is 476 g/mol. The molecule has 0 N–H and O–H groups in total. The van der Waals surface area contributed by atoms with Gasteiger partial charge in [-0.3, -0.25) is 9.48 Å². The summed E-state index contributed by atoms with van der Waals surface area (Å²) in [6.45, 7) is 6.70. The maximum Gasteiger partial charge on any atom is 0.276 e. The molecule has 1 aliphatic heterocycles. The highest BCUT2D eigenvalue weighted by molar-refractivity contribution is 5.94. The molecule has 0 fully saturated rings. The number of hydrogen-bond donors (Lipinski definition) is 0. The summed E-state index contributed by atoms with van der Waals surface area (Å²) < 4.78 is 34.7. The molecule has 6 nitrogen and oxygen atoms in total. The van der Waals surface area contributed by atoms with E-state index in [1.807, 2.05) is 38.5 Å². The zero-order chi connectivity index (χ0) is 24.9. The van der Waals surface area contributed by atoms with Gasteiger partial charge >= 0.3 is 0 Å². The topological polar surface area (TPSA) is 64.2 Å². The molecule has 3 heterocycles. The van der Waals surface area contributed by atoms with Crippen LogP contribution in [0.5, 0.6) is 0 Å². The lowest BCUT2D eigenvalue weighted by molar-refractivity contribution is 0.0576. The van der Waals surface area contributed by atoms with Crippen molar-refractivity contribution in [3.8, 4) is 11.3 Å². The summed E-state index contributed by atoms with van der Waals surface area (Å²) in [5.74, 6) is -1.58. The lowest BCUT2D eigenvalue weighted by atomic mass is 9.63. The molecule has 5 rings (SSSR count). The maximum absolute atomic E-state index is 14.3. The van der Waals surface area contributed by atoms with Crippen molar-refractivity contribution in [1.82, 2.24) is 19.8 Å². The molecule has 0 unspecified atom stereocenters. The van der Waals surface area contributed by atoms with Crippen LogP contribution in [0.25, 0.3) is 11.3 Å². The van der Waals surface area contributed by atoms with Crippen molar-refractivity contribution in [3.63, 3.8) is 0 Å². The molecule has 8 heteroatoms. The SMILES string of the molecule is CC(C)[C@]1(c2cnn(C)c2)CN(C(=O)c2cc(-c3ccc(F)cc3F)on2)[C@H](C)c2ccccc21. The van der Waals surface area contributed by atoms with Crippen molar-refractivity contribution in [2.75, 3.05) is 6.54 Å². The molecule has 2 aromatic heterocycles. The first kappa shape index (κ1) is 23.0. The lowest BCUT2D eigenvalue weighted by Crippen LogP contribution is -2.52. The second-order valence-corrected chi connectivity index (χ2v) is 9.43. The zero-order valence-electron chi connectivity index (χ0n) is 20.0. The largest absolute Gasteiger partial charge is 0.355 e. The number of aromatic nitrogens is 3. The fraction of sp³-hybridized carbons (Fsp3) is 0.296. The first-order valence-electron chi connectivity index (χ1n) is 11.5. The number of fused-ring (bicyclic) bond motifs is 1. The van der Waals surface area contributed by atoms with Gasteiger partial charge in [-0.05, 0) is 36.1 Å². The van der Waals surface area contributed by atoms with E-state index in [4.69, 9.17) is 4.52 Å². The number of aryl methyl sites for hydroxylation is 1. The second-order valence-electron chi connectivity index (χ2n) is 9.43. The highest BCUT2D eigenvalue weighted by atomic mass is 19.1. The van der Waals surface area contributed by atoms with Crippen LogP contribution in [-0.2, 0) is 12.5 Å². The van der Waals surface area contributed by atoms with Crippen LogP contribution in [0.3, 0.4) is 0 Å². The normalized spacial score (nSPS) is 19.7. The summed E-state index contributed by atoms with van der Waals surface area (Å²) in [4.78, 5) is 15.6. The molecule has 0 spiro atoms. The first-order chi connectivity index (χ1) is 16.7. The van der Waals surface area contributed by atoms with E-state index in [-0.39, 0.29) is 34.9 Å². The Bertz CT molecular complexity index is 1410. The van der Waals surface area contributed by atoms with E-state index in [0.717, 1.165) is 23.3 Å². The Labute approximate surface area is 202 Å². The van der Waals surface area contributed by atoms with Gasteiger partial charge in [0.1, 0.15) is 11.6 Å². The molecule has 0 radical (unpaired) electrons. The summed E-state index contributed by atoms with van der Waals surface area (Å²) in [5.41, 5.74) is 2.89. The van der Waals surface area contributed by atoms with Gasteiger partial charge < -0.3 is 9.42 Å². The minimum atomic E-state index is -0.782. The summed E-state index contributed by atoms with van der Waals surface area (Å²) in [5, 5.41) is 8.36. The average Bonchev–Trinajstić information content (AvgIpc) is 3.49. The van der Waals surface area contributed by atoms with Crippen molar-refractivity contribution >= 4 is 5.91 Å². The predicted molar refractivity (Wildman–Crippen MR) is 127 cm³/mol. The summed E-state index contributed by atoms with van der Waals surface area (Å²) in [7, 11) is 1.88. The van der Waals surface area contributed by atoms with Crippen molar-refractivity contribution in [2.24, 2.45) is 13.0 Å². The number of carbonyl (C=O) groups excluding carboxylic acids is 1. The lowest BCUT2D eigenvalue weighted by Gasteiger charge is -2.49. The number of rotatable bonds is 4. The summed E-state index contributed by atoms with van der Waals surface area (Å²) in [6, 6.07) is 12.6. The fourth-order valence-corrected chi connectivity index (χ4v) is 5.24. The Morgan fingerprint density at radius 3 is 2.63 bits per heavy atom. The highest BCUT2D eigenvalue weighted by Crippen LogP contribution is 2.48. The van der Waals surface area contributed by atoms with Crippen LogP contribution in [0.15, 0.2) is 65.4 Å². The van der Waals surface area contributed by atoms with Gasteiger partial charge in [0, 0.05) is 42.9 Å². The van der Waals surface area contributed by atoms with Crippen molar-refractivity contribution in [3.05, 3.63) is 94.9 Å². The third-order valence-corrected chi connectivity index (χ3v) is 7.17. The van der Waals surface area contributed by atoms with Gasteiger partial charge in [0.15, 0.2) is 11.5 Å². The third-order valence-electron chi connectivity index (χ3n) is 7.17. The smallest absolute Gasteiger partial charge is 0.276 e. The minimum Gasteiger partial charge on any atom is -0.355 e. The second kappa shape index (κ2) is 8.45. The first-order valence-corrected chi connectivity index (χ1v) is 11.5. The van der Waals surface area contributed by atoms with Crippen LogP contribution in [0.1, 0.15) is 54.0 Å². The van der Waals surface area contributed by atoms with Gasteiger partial charge in [-0.2, -0.15) is 5.10 Å². The van der Waals surface area contributed by atoms with E-state index < -0.39 is 17.0 Å². The molecule has 2 atom stereocenters. The molecule has 2 aromatic carbocycles. The van der Waals surface area contributed by atoms with Gasteiger partial charge in [0.2, 0.25) is 0 Å². The number of benzene rings is 2. The van der Waals surface area contributed by atoms with Crippen molar-refractivity contribution in [2.45, 2.75) is 32.2 Å². The Morgan fingerprint density at radius 2 is 1.94 bits per heavy atom. The molecular formula is C27H26F2N4O2. The van der Waals surface area contributed by atoms with Crippen molar-refractivity contribution in [1.29, 1.82) is 0 Å². The Hall–Kier alpha value is -3.81. The summed E-state index contributed by atoms with van der Waals surface area (Å²) in [6.07, 6.45) is 3.86.